The van der Waals surface area contributed by atoms with Crippen molar-refractivity contribution in [3.8, 4) is 0 Å². The van der Waals surface area contributed by atoms with E-state index in [2.05, 4.69) is 6.92 Å². The van der Waals surface area contributed by atoms with Gasteiger partial charge in [-0.25, -0.2) is 0 Å². The number of rotatable bonds is 6. The summed E-state index contributed by atoms with van der Waals surface area (Å²) >= 11 is 0. The molecule has 0 aliphatic heterocycles. The number of aliphatic hydroxyl groups is 1. The highest BCUT2D eigenvalue weighted by molar-refractivity contribution is 5.25. The van der Waals surface area contributed by atoms with Gasteiger partial charge in [-0.05, 0) is 17.5 Å². The van der Waals surface area contributed by atoms with Crippen LogP contribution in [0, 0.1) is 5.41 Å². The third kappa shape index (κ3) is 3.28. The molecule has 0 amide bonds. The van der Waals surface area contributed by atoms with Crippen molar-refractivity contribution in [2.24, 2.45) is 11.1 Å². The van der Waals surface area contributed by atoms with Crippen LogP contribution >= 0.6 is 0 Å². The Morgan fingerprint density at radius 3 is 2.35 bits per heavy atom. The third-order valence-corrected chi connectivity index (χ3v) is 3.54. The Morgan fingerprint density at radius 1 is 1.35 bits per heavy atom. The molecule has 0 aliphatic carbocycles. The van der Waals surface area contributed by atoms with Crippen molar-refractivity contribution in [2.45, 2.75) is 33.0 Å². The predicted octanol–water partition coefficient (Wildman–Crippen LogP) is 2.24. The number of hydrogen-bond donors (Lipinski definition) is 2. The zero-order valence-electron chi connectivity index (χ0n) is 10.9. The van der Waals surface area contributed by atoms with Crippen molar-refractivity contribution >= 4 is 0 Å². The van der Waals surface area contributed by atoms with Gasteiger partial charge in [0.2, 0.25) is 0 Å². The number of ether oxygens (including phenoxy) is 1. The average molecular weight is 237 g/mol. The smallest absolute Gasteiger partial charge is 0.0855 e. The van der Waals surface area contributed by atoms with Crippen LogP contribution < -0.4 is 5.73 Å². The summed E-state index contributed by atoms with van der Waals surface area (Å²) in [5, 5.41) is 10.3. The Kier molecular flexibility index (Phi) is 5.12. The maximum atomic E-state index is 10.3. The molecular weight excluding hydrogens is 214 g/mol. The molecule has 0 aromatic heterocycles. The molecule has 96 valence electrons. The molecule has 3 N–H and O–H groups in total. The summed E-state index contributed by atoms with van der Waals surface area (Å²) in [6.07, 6.45) is 0.332. The number of nitrogens with two attached hydrogens (primary N) is 1. The van der Waals surface area contributed by atoms with E-state index in [-0.39, 0.29) is 5.41 Å². The second kappa shape index (κ2) is 6.15. The van der Waals surface area contributed by atoms with Gasteiger partial charge in [-0.15, -0.1) is 0 Å². The minimum atomic E-state index is -0.519. The van der Waals surface area contributed by atoms with E-state index >= 15 is 0 Å². The SMILES string of the molecule is CCC(C)(CN)C(O)c1ccc(COC)cc1. The van der Waals surface area contributed by atoms with Crippen LogP contribution in [-0.2, 0) is 11.3 Å². The quantitative estimate of drug-likeness (QED) is 0.797. The molecular formula is C14H23NO2. The lowest BCUT2D eigenvalue weighted by molar-refractivity contribution is 0.0391. The highest BCUT2D eigenvalue weighted by atomic mass is 16.5. The topological polar surface area (TPSA) is 55.5 Å². The highest BCUT2D eigenvalue weighted by Crippen LogP contribution is 2.35. The minimum absolute atomic E-state index is 0.261. The lowest BCUT2D eigenvalue weighted by atomic mass is 9.78. The Bertz CT molecular complexity index is 331. The lowest BCUT2D eigenvalue weighted by Crippen LogP contribution is -2.33. The molecule has 0 aliphatic rings. The molecule has 3 heteroatoms. The van der Waals surface area contributed by atoms with Crippen molar-refractivity contribution < 1.29 is 9.84 Å². The molecule has 2 atom stereocenters. The fraction of sp³-hybridized carbons (Fsp3) is 0.571. The van der Waals surface area contributed by atoms with E-state index in [1.807, 2.05) is 31.2 Å². The predicted molar refractivity (Wildman–Crippen MR) is 69.6 cm³/mol. The second-order valence-electron chi connectivity index (χ2n) is 4.79. The monoisotopic (exact) mass is 237 g/mol. The van der Waals surface area contributed by atoms with E-state index in [0.29, 0.717) is 13.2 Å². The third-order valence-electron chi connectivity index (χ3n) is 3.54. The molecule has 0 heterocycles. The second-order valence-corrected chi connectivity index (χ2v) is 4.79. The summed E-state index contributed by atoms with van der Waals surface area (Å²) in [7, 11) is 1.67. The van der Waals surface area contributed by atoms with E-state index in [1.54, 1.807) is 7.11 Å². The van der Waals surface area contributed by atoms with Crippen molar-refractivity contribution in [1.29, 1.82) is 0 Å². The normalized spacial score (nSPS) is 16.5. The fourth-order valence-corrected chi connectivity index (χ4v) is 1.81. The van der Waals surface area contributed by atoms with Gasteiger partial charge >= 0.3 is 0 Å². The summed E-state index contributed by atoms with van der Waals surface area (Å²) in [6.45, 7) is 5.14. The number of methoxy groups -OCH3 is 1. The van der Waals surface area contributed by atoms with E-state index < -0.39 is 6.10 Å². The lowest BCUT2D eigenvalue weighted by Gasteiger charge is -2.32. The summed E-state index contributed by atoms with van der Waals surface area (Å²) < 4.78 is 5.06. The van der Waals surface area contributed by atoms with Crippen LogP contribution in [0.3, 0.4) is 0 Å². The van der Waals surface area contributed by atoms with Crippen LogP contribution in [0.4, 0.5) is 0 Å². The molecule has 1 rings (SSSR count). The van der Waals surface area contributed by atoms with Crippen LogP contribution in [0.2, 0.25) is 0 Å². The van der Waals surface area contributed by atoms with Gasteiger partial charge in [0.1, 0.15) is 0 Å². The molecule has 0 fully saturated rings. The maximum Gasteiger partial charge on any atom is 0.0855 e. The van der Waals surface area contributed by atoms with Crippen LogP contribution in [0.5, 0.6) is 0 Å². The van der Waals surface area contributed by atoms with Gasteiger partial charge in [0.05, 0.1) is 12.7 Å². The van der Waals surface area contributed by atoms with E-state index in [9.17, 15) is 5.11 Å². The first kappa shape index (κ1) is 14.2. The van der Waals surface area contributed by atoms with Gasteiger partial charge in [0.15, 0.2) is 0 Å². The minimum Gasteiger partial charge on any atom is -0.388 e. The largest absolute Gasteiger partial charge is 0.388 e. The van der Waals surface area contributed by atoms with Gasteiger partial charge in [0.25, 0.3) is 0 Å². The maximum absolute atomic E-state index is 10.3. The van der Waals surface area contributed by atoms with Crippen LogP contribution in [0.25, 0.3) is 0 Å². The summed E-state index contributed by atoms with van der Waals surface area (Å²) in [4.78, 5) is 0. The Morgan fingerprint density at radius 2 is 1.94 bits per heavy atom. The van der Waals surface area contributed by atoms with E-state index in [0.717, 1.165) is 17.5 Å². The molecule has 3 nitrogen and oxygen atoms in total. The Labute approximate surface area is 104 Å². The zero-order valence-corrected chi connectivity index (χ0v) is 10.9. The fourth-order valence-electron chi connectivity index (χ4n) is 1.81. The molecule has 17 heavy (non-hydrogen) atoms. The first-order chi connectivity index (χ1) is 8.07. The van der Waals surface area contributed by atoms with Crippen LogP contribution in [0.1, 0.15) is 37.5 Å². The number of aliphatic hydroxyl groups excluding tert-OH is 1. The zero-order chi connectivity index (χ0) is 12.9. The Hall–Kier alpha value is -0.900. The van der Waals surface area contributed by atoms with Gasteiger partial charge in [-0.3, -0.25) is 0 Å². The molecule has 0 saturated carbocycles. The first-order valence-electron chi connectivity index (χ1n) is 6.03. The molecule has 0 radical (unpaired) electrons. The van der Waals surface area contributed by atoms with Crippen molar-refractivity contribution in [1.82, 2.24) is 0 Å². The van der Waals surface area contributed by atoms with E-state index in [4.69, 9.17) is 10.5 Å². The highest BCUT2D eigenvalue weighted by Gasteiger charge is 2.30. The molecule has 0 spiro atoms. The van der Waals surface area contributed by atoms with Crippen molar-refractivity contribution in [3.05, 3.63) is 35.4 Å². The number of benzene rings is 1. The van der Waals surface area contributed by atoms with Gasteiger partial charge < -0.3 is 15.6 Å². The Balaban J connectivity index is 2.85. The number of hydrogen-bond acceptors (Lipinski definition) is 3. The molecule has 1 aromatic rings. The van der Waals surface area contributed by atoms with Crippen LogP contribution in [-0.4, -0.2) is 18.8 Å². The molecule has 0 saturated heterocycles. The van der Waals surface area contributed by atoms with Gasteiger partial charge in [-0.1, -0.05) is 38.1 Å². The molecule has 2 unspecified atom stereocenters. The van der Waals surface area contributed by atoms with Crippen molar-refractivity contribution in [3.63, 3.8) is 0 Å². The standard InChI is InChI=1S/C14H23NO2/c1-4-14(2,10-15)13(16)12-7-5-11(6-8-12)9-17-3/h5-8,13,16H,4,9-10,15H2,1-3H3. The summed E-state index contributed by atoms with van der Waals surface area (Å²) in [6, 6.07) is 7.86. The van der Waals surface area contributed by atoms with Gasteiger partial charge in [-0.2, -0.15) is 0 Å². The van der Waals surface area contributed by atoms with Crippen LogP contribution in [0.15, 0.2) is 24.3 Å². The molecule has 1 aromatic carbocycles. The summed E-state index contributed by atoms with van der Waals surface area (Å²) in [5.74, 6) is 0. The first-order valence-corrected chi connectivity index (χ1v) is 6.03. The summed E-state index contributed by atoms with van der Waals surface area (Å²) in [5.41, 5.74) is 7.51. The average Bonchev–Trinajstić information content (AvgIpc) is 2.38. The molecule has 0 bridgehead atoms. The van der Waals surface area contributed by atoms with Gasteiger partial charge in [0, 0.05) is 19.1 Å². The van der Waals surface area contributed by atoms with E-state index in [1.165, 1.54) is 0 Å². The van der Waals surface area contributed by atoms with Crippen molar-refractivity contribution in [2.75, 3.05) is 13.7 Å².